The number of pyridine rings is 2. The van der Waals surface area contributed by atoms with Crippen molar-refractivity contribution >= 4 is 56.7 Å². The van der Waals surface area contributed by atoms with Crippen LogP contribution < -0.4 is 0 Å². The van der Waals surface area contributed by atoms with Crippen molar-refractivity contribution in [1.82, 2.24) is 9.97 Å². The van der Waals surface area contributed by atoms with Gasteiger partial charge in [-0.15, -0.1) is 18.2 Å². The minimum Gasteiger partial charge on any atom is -0.500 e. The van der Waals surface area contributed by atoms with Crippen molar-refractivity contribution in [1.29, 1.82) is 0 Å². The molecule has 1 radical (unpaired) electrons. The molecule has 0 atom stereocenters. The van der Waals surface area contributed by atoms with E-state index < -0.39 is 58.0 Å². The molecule has 8 rings (SSSR count). The van der Waals surface area contributed by atoms with Crippen LogP contribution in [0.4, 0.5) is 48.3 Å². The zero-order valence-electron chi connectivity index (χ0n) is 34.8. The largest absolute Gasteiger partial charge is 0.500 e. The Bertz CT molecular complexity index is 2970. The summed E-state index contributed by atoms with van der Waals surface area (Å²) < 4.78 is 194. The van der Waals surface area contributed by atoms with E-state index in [9.17, 15) is 48.3 Å². The van der Waals surface area contributed by atoms with Crippen molar-refractivity contribution < 1.29 is 81.0 Å². The van der Waals surface area contributed by atoms with E-state index in [1.807, 2.05) is 30.3 Å². The Labute approximate surface area is 347 Å². The van der Waals surface area contributed by atoms with Gasteiger partial charge in [0.15, 0.2) is 0 Å². The van der Waals surface area contributed by atoms with E-state index in [1.165, 1.54) is 30.3 Å². The number of alkyl halides is 11. The molecule has 301 valence electrons. The number of hydrogen-bond donors (Lipinski definition) is 0. The fourth-order valence-electron chi connectivity index (χ4n) is 6.63. The van der Waals surface area contributed by atoms with E-state index >= 15 is 0 Å². The number of rotatable bonds is 4. The summed E-state index contributed by atoms with van der Waals surface area (Å²) in [5, 5.41) is -15.6. The molecule has 0 aliphatic heterocycles. The number of fused-ring (bicyclic) bond motifs is 7. The monoisotopic (exact) mass is 1060 g/mol. The molecule has 8 aromatic rings. The van der Waals surface area contributed by atoms with Crippen molar-refractivity contribution in [3.05, 3.63) is 144 Å². The van der Waals surface area contributed by atoms with Crippen LogP contribution in [0.1, 0.15) is 24.9 Å². The van der Waals surface area contributed by atoms with Crippen LogP contribution in [0.15, 0.2) is 120 Å². The third kappa shape index (κ3) is 7.04. The molecule has 16 heteroatoms. The third-order valence-corrected chi connectivity index (χ3v) is 17.3. The van der Waals surface area contributed by atoms with E-state index in [0.29, 0.717) is 23.0 Å². The minimum absolute atomic E-state index is 0. The average Bonchev–Trinajstić information content (AvgIpc) is 3.58. The Balaban J connectivity index is 0.000000215. The molecule has 0 aliphatic carbocycles. The molecule has 0 N–H and O–H groups in total. The molecule has 0 spiro atoms. The summed E-state index contributed by atoms with van der Waals surface area (Å²) >= 11 is -10.1. The number of aryl methyl sites for hydroxylation is 2. The van der Waals surface area contributed by atoms with Gasteiger partial charge in [-0.1, -0.05) is 71.1 Å². The van der Waals surface area contributed by atoms with Crippen molar-refractivity contribution in [2.45, 2.75) is 33.5 Å². The number of hydrogen-bond acceptors (Lipinski definition) is 3. The number of nitrogens with zero attached hydrogens (tertiary/aromatic N) is 2. The number of aromatic nitrogens is 2. The first-order valence-corrected chi connectivity index (χ1v) is 20.6. The molecule has 3 nitrogen and oxygen atoms in total. The Morgan fingerprint density at radius 3 is 1.90 bits per heavy atom. The van der Waals surface area contributed by atoms with Gasteiger partial charge in [0.2, 0.25) is 0 Å². The second-order valence-electron chi connectivity index (χ2n) is 12.7. The zero-order chi connectivity index (χ0) is 46.1. The number of furan rings is 1. The van der Waals surface area contributed by atoms with E-state index in [1.54, 1.807) is 6.07 Å². The molecule has 3 heterocycles. The Morgan fingerprint density at radius 2 is 1.22 bits per heavy atom. The second kappa shape index (κ2) is 15.4. The average molecular weight is 1050 g/mol. The zero-order valence-corrected chi connectivity index (χ0v) is 33.3. The summed E-state index contributed by atoms with van der Waals surface area (Å²) in [7, 11) is 0. The van der Waals surface area contributed by atoms with Crippen LogP contribution in [0.3, 0.4) is 0 Å². The van der Waals surface area contributed by atoms with Crippen LogP contribution in [0, 0.1) is 25.8 Å². The summed E-state index contributed by atoms with van der Waals surface area (Å²) in [5.41, 5.74) is -1.24. The molecule has 3 aromatic heterocycles. The second-order valence-corrected chi connectivity index (χ2v) is 20.7. The van der Waals surface area contributed by atoms with Crippen LogP contribution in [-0.4, -0.2) is 38.3 Å². The van der Waals surface area contributed by atoms with Gasteiger partial charge < -0.3 is 9.40 Å². The Morgan fingerprint density at radius 1 is 0.586 bits per heavy atom. The van der Waals surface area contributed by atoms with Gasteiger partial charge >= 0.3 is 152 Å². The van der Waals surface area contributed by atoms with E-state index in [0.717, 1.165) is 44.1 Å². The number of benzene rings is 5. The maximum Gasteiger partial charge on any atom is 0.128 e. The molecule has 0 amide bonds. The molecular weight excluding hydrogens is 1020 g/mol. The van der Waals surface area contributed by atoms with Crippen LogP contribution in [0.5, 0.6) is 0 Å². The van der Waals surface area contributed by atoms with E-state index in [2.05, 4.69) is 46.4 Å². The Hall–Kier alpha value is -4.86. The van der Waals surface area contributed by atoms with Crippen molar-refractivity contribution in [3.63, 3.8) is 0 Å². The predicted octanol–water partition coefficient (Wildman–Crippen LogP) is 13.3. The molecule has 0 saturated carbocycles. The molecule has 0 unspecified atom stereocenters. The summed E-state index contributed by atoms with van der Waals surface area (Å²) in [6.07, 6.45) is 1.54. The van der Waals surface area contributed by atoms with Crippen LogP contribution in [0.2, 0.25) is 0 Å². The molecule has 0 saturated heterocycles. The van der Waals surface area contributed by atoms with Crippen LogP contribution >= 0.6 is 0 Å². The van der Waals surface area contributed by atoms with Crippen molar-refractivity contribution in [2.24, 2.45) is 0 Å². The first-order valence-electron chi connectivity index (χ1n) is 19.4. The standard InChI is InChI=1S/C27H18NO.C15H7F11GeN.Ir/c1-16-14-25(28-15-17(16)2)24-9-5-8-21-23-13-12-20-19-7-4-3-6-18(19)10-11-22(20)26(23)29-27(21)24;16-12(17,27(13(18,19)20,14(21,22)23)15(24,25)26)10-6-7-28-11(8-10)9-4-2-1-3-5-9;/h3-8,10-15H,1-2H3;1-4,6-8H;/q2*-1;/i1D3,2D3;;. The van der Waals surface area contributed by atoms with Gasteiger partial charge in [-0.3, -0.25) is 0 Å². The normalized spacial score (nSPS) is 14.7. The summed E-state index contributed by atoms with van der Waals surface area (Å²) in [4.78, 5) is 7.82. The first-order chi connectivity index (χ1) is 29.2. The summed E-state index contributed by atoms with van der Waals surface area (Å²) in [6.45, 7) is -5.20. The fraction of sp³-hybridized carbons (Fsp3) is 0.143. The van der Waals surface area contributed by atoms with E-state index in [-0.39, 0.29) is 48.9 Å². The summed E-state index contributed by atoms with van der Waals surface area (Å²) in [6, 6.07) is 32.2. The van der Waals surface area contributed by atoms with Crippen molar-refractivity contribution in [2.75, 3.05) is 0 Å². The third-order valence-electron chi connectivity index (χ3n) is 9.33. The van der Waals surface area contributed by atoms with Gasteiger partial charge in [-0.2, -0.15) is 0 Å². The van der Waals surface area contributed by atoms with Gasteiger partial charge in [-0.05, 0) is 41.1 Å². The molecule has 0 aliphatic rings. The molecule has 0 fully saturated rings. The first kappa shape index (κ1) is 35.1. The van der Waals surface area contributed by atoms with Gasteiger partial charge in [0, 0.05) is 45.3 Å². The van der Waals surface area contributed by atoms with Gasteiger partial charge in [0.05, 0.1) is 5.58 Å². The fourth-order valence-corrected chi connectivity index (χ4v) is 12.1. The molecule has 0 bridgehead atoms. The molecular formula is C42H25F11GeIrN2O-2. The predicted molar refractivity (Wildman–Crippen MR) is 197 cm³/mol. The van der Waals surface area contributed by atoms with Gasteiger partial charge in [0.1, 0.15) is 5.58 Å². The maximum absolute atomic E-state index is 14.5. The van der Waals surface area contributed by atoms with E-state index in [4.69, 9.17) is 12.6 Å². The topological polar surface area (TPSA) is 38.9 Å². The quantitative estimate of drug-likeness (QED) is 0.0763. The molecule has 5 aromatic carbocycles. The molecule has 58 heavy (non-hydrogen) atoms. The van der Waals surface area contributed by atoms with Crippen LogP contribution in [0.25, 0.3) is 66.0 Å². The maximum atomic E-state index is 14.5. The smallest absolute Gasteiger partial charge is 0.128 e. The number of halogens is 11. The van der Waals surface area contributed by atoms with Gasteiger partial charge in [0.25, 0.3) is 0 Å². The Kier molecular flexibility index (Phi) is 9.32. The SMILES string of the molecule is F[C](F)(F)[Ge]([C](F)(F)F)([C](F)(F)F)[C](F)(F)c1ccnc(-c2[c-]cccc2)c1.[2H]C([2H])([2H])c1cnc(-c2[c-]ccc3c2oc2c3ccc3c4ccccc4ccc32)cc1C([2H])([2H])[2H].[Ir]. The minimum atomic E-state index is -10.1. The van der Waals surface area contributed by atoms with Crippen LogP contribution in [-0.2, 0) is 24.9 Å². The van der Waals surface area contributed by atoms with Gasteiger partial charge in [-0.25, -0.2) is 0 Å². The van der Waals surface area contributed by atoms with Crippen molar-refractivity contribution in [3.8, 4) is 22.5 Å². The summed E-state index contributed by atoms with van der Waals surface area (Å²) in [5.74, 6) is 0.